The first-order chi connectivity index (χ1) is 10.2. The van der Waals surface area contributed by atoms with E-state index in [-0.39, 0.29) is 24.7 Å². The molecule has 0 aliphatic carbocycles. The van der Waals surface area contributed by atoms with E-state index in [1.54, 1.807) is 31.2 Å². The molecule has 0 aliphatic rings. The Labute approximate surface area is 129 Å². The molecular weight excluding hydrogens is 284 g/mol. The molecular formula is C16H21N2O4-. The number of carboxylic acid groups (broad SMARTS) is 1. The van der Waals surface area contributed by atoms with Gasteiger partial charge in [-0.25, -0.2) is 0 Å². The predicted molar refractivity (Wildman–Crippen MR) is 82.0 cm³/mol. The monoisotopic (exact) mass is 305 g/mol. The van der Waals surface area contributed by atoms with Crippen molar-refractivity contribution in [3.63, 3.8) is 0 Å². The summed E-state index contributed by atoms with van der Waals surface area (Å²) in [5, 5.41) is 16.1. The molecule has 0 aromatic heterocycles. The summed E-state index contributed by atoms with van der Waals surface area (Å²) >= 11 is 0. The SMILES string of the molecule is CC[C@@](C)(CC(=O)[O-])CC(=O)Nc1ccc(NC(C)=O)cc1. The molecule has 120 valence electrons. The number of carbonyl (C=O) groups is 3. The maximum absolute atomic E-state index is 12.0. The van der Waals surface area contributed by atoms with E-state index in [1.807, 2.05) is 6.92 Å². The Morgan fingerprint density at radius 3 is 1.95 bits per heavy atom. The van der Waals surface area contributed by atoms with Crippen LogP contribution in [0.15, 0.2) is 24.3 Å². The van der Waals surface area contributed by atoms with Crippen molar-refractivity contribution in [2.75, 3.05) is 10.6 Å². The molecule has 0 spiro atoms. The van der Waals surface area contributed by atoms with E-state index >= 15 is 0 Å². The lowest BCUT2D eigenvalue weighted by Crippen LogP contribution is -2.33. The van der Waals surface area contributed by atoms with Crippen LogP contribution in [0, 0.1) is 5.41 Å². The fourth-order valence-corrected chi connectivity index (χ4v) is 2.09. The molecule has 0 saturated heterocycles. The van der Waals surface area contributed by atoms with Gasteiger partial charge in [0.05, 0.1) is 0 Å². The van der Waals surface area contributed by atoms with Crippen molar-refractivity contribution in [1.29, 1.82) is 0 Å². The molecule has 0 bridgehead atoms. The molecule has 0 radical (unpaired) electrons. The third kappa shape index (κ3) is 5.95. The number of rotatable bonds is 7. The normalized spacial score (nSPS) is 13.0. The standard InChI is InChI=1S/C16H22N2O4/c1-4-16(3,10-15(21)22)9-14(20)18-13-7-5-12(6-8-13)17-11(2)19/h5-8H,4,9-10H2,1-3H3,(H,17,19)(H,18,20)(H,21,22)/p-1/t16-/m1/s1. The number of aliphatic carboxylic acids is 1. The molecule has 22 heavy (non-hydrogen) atoms. The lowest BCUT2D eigenvalue weighted by atomic mass is 9.80. The number of hydrogen-bond donors (Lipinski definition) is 2. The Morgan fingerprint density at radius 2 is 1.55 bits per heavy atom. The van der Waals surface area contributed by atoms with Crippen molar-refractivity contribution >= 4 is 29.2 Å². The van der Waals surface area contributed by atoms with Gasteiger partial charge in [0.1, 0.15) is 0 Å². The molecule has 1 atom stereocenters. The number of amides is 2. The van der Waals surface area contributed by atoms with Crippen LogP contribution in [0.25, 0.3) is 0 Å². The van der Waals surface area contributed by atoms with E-state index in [1.165, 1.54) is 6.92 Å². The van der Waals surface area contributed by atoms with Gasteiger partial charge in [0.25, 0.3) is 0 Å². The molecule has 0 fully saturated rings. The number of hydrogen-bond acceptors (Lipinski definition) is 4. The second kappa shape index (κ2) is 7.59. The van der Waals surface area contributed by atoms with Crippen molar-refractivity contribution < 1.29 is 19.5 Å². The summed E-state index contributed by atoms with van der Waals surface area (Å²) in [4.78, 5) is 33.7. The van der Waals surface area contributed by atoms with Crippen molar-refractivity contribution in [2.45, 2.75) is 40.0 Å². The molecule has 1 aromatic carbocycles. The average Bonchev–Trinajstić information content (AvgIpc) is 2.39. The van der Waals surface area contributed by atoms with Crippen LogP contribution in [0.4, 0.5) is 11.4 Å². The quantitative estimate of drug-likeness (QED) is 0.798. The molecule has 6 heteroatoms. The van der Waals surface area contributed by atoms with Crippen LogP contribution in [0.2, 0.25) is 0 Å². The summed E-state index contributed by atoms with van der Waals surface area (Å²) in [7, 11) is 0. The smallest absolute Gasteiger partial charge is 0.224 e. The zero-order valence-electron chi connectivity index (χ0n) is 13.1. The molecule has 0 saturated carbocycles. The van der Waals surface area contributed by atoms with Crippen molar-refractivity contribution in [2.24, 2.45) is 5.41 Å². The maximum Gasteiger partial charge on any atom is 0.224 e. The number of anilines is 2. The fraction of sp³-hybridized carbons (Fsp3) is 0.438. The molecule has 0 aliphatic heterocycles. The van der Waals surface area contributed by atoms with Gasteiger partial charge in [-0.2, -0.15) is 0 Å². The topological polar surface area (TPSA) is 98.3 Å². The minimum Gasteiger partial charge on any atom is -0.550 e. The number of carboxylic acids is 1. The Kier molecular flexibility index (Phi) is 6.10. The third-order valence-corrected chi connectivity index (χ3v) is 3.50. The minimum atomic E-state index is -1.16. The Bertz CT molecular complexity index is 554. The minimum absolute atomic E-state index is 0.102. The molecule has 6 nitrogen and oxygen atoms in total. The van der Waals surface area contributed by atoms with E-state index < -0.39 is 11.4 Å². The Hall–Kier alpha value is -2.37. The molecule has 2 amide bonds. The number of nitrogens with one attached hydrogen (secondary N) is 2. The third-order valence-electron chi connectivity index (χ3n) is 3.50. The van der Waals surface area contributed by atoms with E-state index in [2.05, 4.69) is 10.6 Å². The number of carbonyl (C=O) groups excluding carboxylic acids is 3. The van der Waals surface area contributed by atoms with E-state index in [0.717, 1.165) is 0 Å². The van der Waals surface area contributed by atoms with E-state index in [4.69, 9.17) is 0 Å². The first-order valence-corrected chi connectivity index (χ1v) is 7.11. The van der Waals surface area contributed by atoms with Gasteiger partial charge in [-0.1, -0.05) is 13.8 Å². The van der Waals surface area contributed by atoms with Gasteiger partial charge in [-0.3, -0.25) is 9.59 Å². The van der Waals surface area contributed by atoms with E-state index in [0.29, 0.717) is 17.8 Å². The highest BCUT2D eigenvalue weighted by atomic mass is 16.4. The lowest BCUT2D eigenvalue weighted by molar-refractivity contribution is -0.308. The van der Waals surface area contributed by atoms with Crippen molar-refractivity contribution in [1.82, 2.24) is 0 Å². The summed E-state index contributed by atoms with van der Waals surface area (Å²) in [6.07, 6.45) is 0.513. The van der Waals surface area contributed by atoms with Gasteiger partial charge < -0.3 is 20.5 Å². The fourth-order valence-electron chi connectivity index (χ4n) is 2.09. The van der Waals surface area contributed by atoms with Crippen LogP contribution in [-0.2, 0) is 14.4 Å². The molecule has 0 unspecified atom stereocenters. The lowest BCUT2D eigenvalue weighted by Gasteiger charge is -2.28. The first kappa shape index (κ1) is 17.7. The van der Waals surface area contributed by atoms with Crippen LogP contribution < -0.4 is 15.7 Å². The summed E-state index contributed by atoms with van der Waals surface area (Å²) in [5.41, 5.74) is 0.603. The van der Waals surface area contributed by atoms with Gasteiger partial charge >= 0.3 is 0 Å². The predicted octanol–water partition coefficient (Wildman–Crippen LogP) is 1.53. The second-order valence-electron chi connectivity index (χ2n) is 5.70. The summed E-state index contributed by atoms with van der Waals surface area (Å²) in [5.74, 6) is -1.58. The largest absolute Gasteiger partial charge is 0.550 e. The first-order valence-electron chi connectivity index (χ1n) is 7.11. The van der Waals surface area contributed by atoms with Gasteiger partial charge in [0.2, 0.25) is 11.8 Å². The molecule has 1 aromatic rings. The van der Waals surface area contributed by atoms with Crippen LogP contribution in [0.3, 0.4) is 0 Å². The molecule has 2 N–H and O–H groups in total. The van der Waals surface area contributed by atoms with Gasteiger partial charge in [-0.05, 0) is 42.5 Å². The maximum atomic E-state index is 12.0. The average molecular weight is 305 g/mol. The van der Waals surface area contributed by atoms with Crippen molar-refractivity contribution in [3.8, 4) is 0 Å². The zero-order chi connectivity index (χ0) is 16.8. The van der Waals surface area contributed by atoms with Crippen LogP contribution in [0.5, 0.6) is 0 Å². The van der Waals surface area contributed by atoms with Crippen LogP contribution in [0.1, 0.15) is 40.0 Å². The highest BCUT2D eigenvalue weighted by molar-refractivity contribution is 5.92. The highest BCUT2D eigenvalue weighted by Crippen LogP contribution is 2.30. The summed E-state index contributed by atoms with van der Waals surface area (Å²) in [6, 6.07) is 6.70. The number of benzene rings is 1. The van der Waals surface area contributed by atoms with Gasteiger partial charge in [0.15, 0.2) is 0 Å². The Balaban J connectivity index is 2.64. The van der Waals surface area contributed by atoms with Crippen LogP contribution in [-0.4, -0.2) is 17.8 Å². The van der Waals surface area contributed by atoms with Crippen molar-refractivity contribution in [3.05, 3.63) is 24.3 Å². The van der Waals surface area contributed by atoms with Gasteiger partial charge in [-0.15, -0.1) is 0 Å². The molecule has 1 rings (SSSR count). The summed E-state index contributed by atoms with van der Waals surface area (Å²) in [6.45, 7) is 5.01. The molecule has 0 heterocycles. The highest BCUT2D eigenvalue weighted by Gasteiger charge is 2.25. The Morgan fingerprint density at radius 1 is 1.05 bits per heavy atom. The zero-order valence-corrected chi connectivity index (χ0v) is 13.1. The van der Waals surface area contributed by atoms with E-state index in [9.17, 15) is 19.5 Å². The second-order valence-corrected chi connectivity index (χ2v) is 5.70. The summed E-state index contributed by atoms with van der Waals surface area (Å²) < 4.78 is 0. The van der Waals surface area contributed by atoms with Gasteiger partial charge in [0, 0.05) is 30.7 Å². The van der Waals surface area contributed by atoms with Crippen LogP contribution >= 0.6 is 0 Å².